The lowest BCUT2D eigenvalue weighted by Crippen LogP contribution is -2.38. The molecule has 88 valence electrons. The predicted octanol–water partition coefficient (Wildman–Crippen LogP) is 2.16. The van der Waals surface area contributed by atoms with Crippen LogP contribution in [0.25, 0.3) is 0 Å². The van der Waals surface area contributed by atoms with Gasteiger partial charge in [-0.25, -0.2) is 5.90 Å². The standard InChI is InChI=1S/C13H20N2O/c1-10-3-4-13(11(2)9-10)15-7-5-12(16-14)6-8-15/h3-4,9,12H,5-8,14H2,1-2H3. The van der Waals surface area contributed by atoms with E-state index in [9.17, 15) is 0 Å². The van der Waals surface area contributed by atoms with Crippen LogP contribution >= 0.6 is 0 Å². The van der Waals surface area contributed by atoms with Crippen LogP contribution in [0.3, 0.4) is 0 Å². The van der Waals surface area contributed by atoms with Gasteiger partial charge >= 0.3 is 0 Å². The maximum absolute atomic E-state index is 5.22. The summed E-state index contributed by atoms with van der Waals surface area (Å²) in [4.78, 5) is 7.32. The van der Waals surface area contributed by atoms with Crippen LogP contribution in [-0.2, 0) is 4.84 Å². The molecule has 0 saturated carbocycles. The lowest BCUT2D eigenvalue weighted by atomic mass is 10.0. The second-order valence-corrected chi connectivity index (χ2v) is 4.61. The predicted molar refractivity (Wildman–Crippen MR) is 66.4 cm³/mol. The van der Waals surface area contributed by atoms with Crippen LogP contribution in [0.2, 0.25) is 0 Å². The van der Waals surface area contributed by atoms with E-state index in [2.05, 4.69) is 36.9 Å². The summed E-state index contributed by atoms with van der Waals surface area (Å²) < 4.78 is 0. The molecular weight excluding hydrogens is 200 g/mol. The second-order valence-electron chi connectivity index (χ2n) is 4.61. The maximum atomic E-state index is 5.22. The highest BCUT2D eigenvalue weighted by molar-refractivity contribution is 5.54. The second kappa shape index (κ2) is 4.85. The summed E-state index contributed by atoms with van der Waals surface area (Å²) in [5.41, 5.74) is 4.02. The first-order chi connectivity index (χ1) is 7.70. The molecule has 0 aromatic heterocycles. The molecule has 1 fully saturated rings. The zero-order valence-electron chi connectivity index (χ0n) is 10.1. The van der Waals surface area contributed by atoms with Crippen molar-refractivity contribution in [2.45, 2.75) is 32.8 Å². The molecule has 0 unspecified atom stereocenters. The van der Waals surface area contributed by atoms with Gasteiger partial charge in [0, 0.05) is 18.8 Å². The average Bonchev–Trinajstić information content (AvgIpc) is 2.29. The average molecular weight is 220 g/mol. The molecule has 0 atom stereocenters. The number of piperidine rings is 1. The van der Waals surface area contributed by atoms with Crippen LogP contribution in [0.4, 0.5) is 5.69 Å². The summed E-state index contributed by atoms with van der Waals surface area (Å²) in [5.74, 6) is 5.22. The number of anilines is 1. The fourth-order valence-electron chi connectivity index (χ4n) is 2.39. The summed E-state index contributed by atoms with van der Waals surface area (Å²) in [6.45, 7) is 6.37. The van der Waals surface area contributed by atoms with E-state index < -0.39 is 0 Å². The Balaban J connectivity index is 2.08. The molecule has 3 heteroatoms. The fourth-order valence-corrected chi connectivity index (χ4v) is 2.39. The highest BCUT2D eigenvalue weighted by atomic mass is 16.6. The van der Waals surface area contributed by atoms with Crippen molar-refractivity contribution in [2.75, 3.05) is 18.0 Å². The zero-order chi connectivity index (χ0) is 11.5. The minimum absolute atomic E-state index is 0.238. The Hall–Kier alpha value is -1.06. The third-order valence-electron chi connectivity index (χ3n) is 3.33. The van der Waals surface area contributed by atoms with E-state index in [1.165, 1.54) is 16.8 Å². The number of aryl methyl sites for hydroxylation is 2. The van der Waals surface area contributed by atoms with Crippen LogP contribution < -0.4 is 10.8 Å². The van der Waals surface area contributed by atoms with Gasteiger partial charge in [0.2, 0.25) is 0 Å². The number of benzene rings is 1. The Morgan fingerprint density at radius 2 is 1.94 bits per heavy atom. The summed E-state index contributed by atoms with van der Waals surface area (Å²) in [7, 11) is 0. The molecule has 0 amide bonds. The van der Waals surface area contributed by atoms with Crippen molar-refractivity contribution >= 4 is 5.69 Å². The Morgan fingerprint density at radius 1 is 1.25 bits per heavy atom. The lowest BCUT2D eigenvalue weighted by Gasteiger charge is -2.33. The van der Waals surface area contributed by atoms with Gasteiger partial charge in [-0.1, -0.05) is 17.7 Å². The Labute approximate surface area is 97.1 Å². The molecule has 1 aromatic rings. The lowest BCUT2D eigenvalue weighted by molar-refractivity contribution is 0.0367. The molecule has 0 spiro atoms. The van der Waals surface area contributed by atoms with Gasteiger partial charge in [-0.05, 0) is 38.3 Å². The normalized spacial score (nSPS) is 17.8. The molecule has 3 nitrogen and oxygen atoms in total. The number of hydrogen-bond acceptors (Lipinski definition) is 3. The molecule has 1 saturated heterocycles. The van der Waals surface area contributed by atoms with Gasteiger partial charge in [0.15, 0.2) is 0 Å². The highest BCUT2D eigenvalue weighted by Crippen LogP contribution is 2.25. The molecule has 1 aliphatic rings. The van der Waals surface area contributed by atoms with Gasteiger partial charge in [0.1, 0.15) is 0 Å². The third kappa shape index (κ3) is 2.36. The van der Waals surface area contributed by atoms with Gasteiger partial charge < -0.3 is 9.74 Å². The van der Waals surface area contributed by atoms with Crippen molar-refractivity contribution in [1.29, 1.82) is 0 Å². The summed E-state index contributed by atoms with van der Waals surface area (Å²) >= 11 is 0. The fraction of sp³-hybridized carbons (Fsp3) is 0.538. The summed E-state index contributed by atoms with van der Waals surface area (Å²) in [5, 5.41) is 0. The zero-order valence-corrected chi connectivity index (χ0v) is 10.1. The van der Waals surface area contributed by atoms with Gasteiger partial charge in [0.25, 0.3) is 0 Å². The quantitative estimate of drug-likeness (QED) is 0.776. The molecule has 1 aromatic carbocycles. The number of rotatable bonds is 2. The Bertz CT molecular complexity index is 357. The summed E-state index contributed by atoms with van der Waals surface area (Å²) in [6, 6.07) is 6.63. The Morgan fingerprint density at radius 3 is 2.50 bits per heavy atom. The number of nitrogens with two attached hydrogens (primary N) is 1. The highest BCUT2D eigenvalue weighted by Gasteiger charge is 2.20. The van der Waals surface area contributed by atoms with Crippen molar-refractivity contribution < 1.29 is 4.84 Å². The van der Waals surface area contributed by atoms with E-state index in [0.29, 0.717) is 0 Å². The van der Waals surface area contributed by atoms with Gasteiger partial charge in [-0.3, -0.25) is 0 Å². The van der Waals surface area contributed by atoms with Crippen LogP contribution in [-0.4, -0.2) is 19.2 Å². The van der Waals surface area contributed by atoms with Gasteiger partial charge in [0.05, 0.1) is 6.10 Å². The minimum Gasteiger partial charge on any atom is -0.371 e. The summed E-state index contributed by atoms with van der Waals surface area (Å²) in [6.07, 6.45) is 2.27. The van der Waals surface area contributed by atoms with E-state index in [0.717, 1.165) is 25.9 Å². The largest absolute Gasteiger partial charge is 0.371 e. The van der Waals surface area contributed by atoms with Crippen LogP contribution in [0.5, 0.6) is 0 Å². The number of hydrogen-bond donors (Lipinski definition) is 1. The SMILES string of the molecule is Cc1ccc(N2CCC(ON)CC2)c(C)c1. The molecule has 1 heterocycles. The molecule has 0 radical (unpaired) electrons. The van der Waals surface area contributed by atoms with Crippen molar-refractivity contribution in [3.8, 4) is 0 Å². The monoisotopic (exact) mass is 220 g/mol. The van der Waals surface area contributed by atoms with E-state index in [-0.39, 0.29) is 6.10 Å². The van der Waals surface area contributed by atoms with Gasteiger partial charge in [-0.2, -0.15) is 0 Å². The van der Waals surface area contributed by atoms with E-state index in [1.54, 1.807) is 0 Å². The minimum atomic E-state index is 0.238. The molecule has 16 heavy (non-hydrogen) atoms. The maximum Gasteiger partial charge on any atom is 0.0821 e. The third-order valence-corrected chi connectivity index (χ3v) is 3.33. The van der Waals surface area contributed by atoms with Crippen molar-refractivity contribution in [3.63, 3.8) is 0 Å². The van der Waals surface area contributed by atoms with Crippen LogP contribution in [0.1, 0.15) is 24.0 Å². The first-order valence-corrected chi connectivity index (χ1v) is 5.88. The topological polar surface area (TPSA) is 38.5 Å². The molecule has 0 aliphatic carbocycles. The van der Waals surface area contributed by atoms with E-state index in [4.69, 9.17) is 10.7 Å². The van der Waals surface area contributed by atoms with E-state index in [1.807, 2.05) is 0 Å². The molecule has 2 rings (SSSR count). The van der Waals surface area contributed by atoms with Crippen molar-refractivity contribution in [3.05, 3.63) is 29.3 Å². The van der Waals surface area contributed by atoms with Crippen molar-refractivity contribution in [2.24, 2.45) is 5.90 Å². The first-order valence-electron chi connectivity index (χ1n) is 5.88. The molecule has 1 aliphatic heterocycles. The smallest absolute Gasteiger partial charge is 0.0821 e. The molecule has 2 N–H and O–H groups in total. The molecule has 0 bridgehead atoms. The Kier molecular flexibility index (Phi) is 3.46. The molecular formula is C13H20N2O. The number of nitrogens with zero attached hydrogens (tertiary/aromatic N) is 1. The van der Waals surface area contributed by atoms with Gasteiger partial charge in [-0.15, -0.1) is 0 Å². The van der Waals surface area contributed by atoms with Crippen LogP contribution in [0.15, 0.2) is 18.2 Å². The van der Waals surface area contributed by atoms with Crippen molar-refractivity contribution in [1.82, 2.24) is 0 Å². The first kappa shape index (κ1) is 11.4. The van der Waals surface area contributed by atoms with E-state index >= 15 is 0 Å². The van der Waals surface area contributed by atoms with Crippen LogP contribution in [0, 0.1) is 13.8 Å².